The molecule has 9 heteroatoms. The lowest BCUT2D eigenvalue weighted by molar-refractivity contribution is -0.105. The molecule has 1 atom stereocenters. The summed E-state index contributed by atoms with van der Waals surface area (Å²) in [6.45, 7) is 3.34. The Hall–Kier alpha value is -3.49. The highest BCUT2D eigenvalue weighted by molar-refractivity contribution is 5.95. The quantitative estimate of drug-likeness (QED) is 0.293. The second-order valence-corrected chi connectivity index (χ2v) is 7.45. The zero-order chi connectivity index (χ0) is 22.5. The molecule has 1 fully saturated rings. The monoisotopic (exact) mass is 427 g/mol. The molecule has 1 aliphatic carbocycles. The lowest BCUT2D eigenvalue weighted by atomic mass is 9.93. The van der Waals surface area contributed by atoms with Crippen molar-refractivity contribution in [1.82, 2.24) is 14.9 Å². The molecule has 0 aromatic carbocycles. The number of carbonyl (C=O) groups is 1. The Morgan fingerprint density at radius 3 is 2.71 bits per heavy atom. The average molecular weight is 427 g/mol. The normalized spacial score (nSPS) is 18.0. The lowest BCUT2D eigenvalue weighted by Crippen LogP contribution is -2.37. The number of allylic oxidation sites excluding steroid dienone is 2. The van der Waals surface area contributed by atoms with Crippen molar-refractivity contribution in [3.05, 3.63) is 51.8 Å². The van der Waals surface area contributed by atoms with E-state index in [0.717, 1.165) is 0 Å². The van der Waals surface area contributed by atoms with E-state index in [1.165, 1.54) is 30.0 Å². The van der Waals surface area contributed by atoms with Crippen molar-refractivity contribution in [1.29, 1.82) is 0 Å². The molecule has 31 heavy (non-hydrogen) atoms. The number of hydrogen-bond acceptors (Lipinski definition) is 6. The summed E-state index contributed by atoms with van der Waals surface area (Å²) < 4.78 is 16.3. The first-order valence-electron chi connectivity index (χ1n) is 10.2. The molecule has 1 amide bonds. The first kappa shape index (κ1) is 22.2. The van der Waals surface area contributed by atoms with E-state index in [4.69, 9.17) is 5.21 Å². The van der Waals surface area contributed by atoms with E-state index in [1.807, 2.05) is 0 Å². The van der Waals surface area contributed by atoms with Crippen molar-refractivity contribution in [2.24, 2.45) is 12.2 Å². The Kier molecular flexibility index (Phi) is 6.84. The second-order valence-electron chi connectivity index (χ2n) is 7.45. The molecule has 2 aromatic rings. The molecule has 4 rings (SSSR count). The Morgan fingerprint density at radius 2 is 2.13 bits per heavy atom. The molecule has 0 radical (unpaired) electrons. The van der Waals surface area contributed by atoms with Gasteiger partial charge in [0.15, 0.2) is 0 Å². The van der Waals surface area contributed by atoms with Gasteiger partial charge in [-0.15, -0.1) is 0 Å². The number of aromatic nitrogens is 2. The number of anilines is 1. The van der Waals surface area contributed by atoms with Crippen molar-refractivity contribution in [2.75, 3.05) is 5.32 Å². The van der Waals surface area contributed by atoms with Crippen LogP contribution in [0, 0.1) is 0 Å². The molecule has 1 saturated carbocycles. The molecule has 2 aliphatic rings. The van der Waals surface area contributed by atoms with Gasteiger partial charge in [0.2, 0.25) is 6.41 Å². The predicted octanol–water partition coefficient (Wildman–Crippen LogP) is 3.47. The van der Waals surface area contributed by atoms with E-state index in [2.05, 4.69) is 20.8 Å². The number of fused-ring (bicyclic) bond motifs is 1. The fraction of sp³-hybridized carbons (Fsp3) is 0.364. The molecule has 0 bridgehead atoms. The van der Waals surface area contributed by atoms with E-state index < -0.39 is 11.9 Å². The third-order valence-corrected chi connectivity index (χ3v) is 5.19. The van der Waals surface area contributed by atoms with E-state index in [0.29, 0.717) is 46.3 Å². The average Bonchev–Trinajstić information content (AvgIpc) is 3.65. The number of halogens is 1. The van der Waals surface area contributed by atoms with Crippen LogP contribution in [0.5, 0.6) is 0 Å². The van der Waals surface area contributed by atoms with Crippen LogP contribution in [0.2, 0.25) is 0 Å². The minimum atomic E-state index is -0.860. The first-order chi connectivity index (χ1) is 14.9. The van der Waals surface area contributed by atoms with Gasteiger partial charge in [-0.2, -0.15) is 0 Å². The molecule has 0 saturated heterocycles. The van der Waals surface area contributed by atoms with E-state index in [-0.39, 0.29) is 11.3 Å². The van der Waals surface area contributed by atoms with Crippen LogP contribution in [0.15, 0.2) is 45.9 Å². The maximum atomic E-state index is 14.9. The molecular weight excluding hydrogens is 401 g/mol. The second kappa shape index (κ2) is 9.55. The Labute approximate surface area is 179 Å². The molecule has 2 aromatic heterocycles. The Bertz CT molecular complexity index is 1150. The molecule has 164 valence electrons. The molecule has 8 nitrogen and oxygen atoms in total. The number of amides is 1. The fourth-order valence-corrected chi connectivity index (χ4v) is 3.24. The summed E-state index contributed by atoms with van der Waals surface area (Å²) in [7, 11) is 1.60. The molecule has 3 heterocycles. The van der Waals surface area contributed by atoms with Gasteiger partial charge in [0.05, 0.1) is 11.2 Å². The summed E-state index contributed by atoms with van der Waals surface area (Å²) in [4.78, 5) is 27.6. The van der Waals surface area contributed by atoms with Crippen molar-refractivity contribution in [2.45, 2.75) is 45.6 Å². The maximum absolute atomic E-state index is 14.9. The van der Waals surface area contributed by atoms with Gasteiger partial charge in [0.1, 0.15) is 17.7 Å². The smallest absolute Gasteiger partial charge is 0.258 e. The van der Waals surface area contributed by atoms with Crippen LogP contribution in [0.25, 0.3) is 16.5 Å². The fourth-order valence-electron chi connectivity index (χ4n) is 3.24. The number of carbonyl (C=O) groups excluding carboxylic acids is 1. The predicted molar refractivity (Wildman–Crippen MR) is 119 cm³/mol. The van der Waals surface area contributed by atoms with Gasteiger partial charge in [-0.3, -0.25) is 9.59 Å². The van der Waals surface area contributed by atoms with Crippen molar-refractivity contribution in [3.8, 4) is 0 Å². The van der Waals surface area contributed by atoms with Crippen LogP contribution in [0.1, 0.15) is 45.1 Å². The van der Waals surface area contributed by atoms with Crippen molar-refractivity contribution >= 4 is 34.4 Å². The number of oxime groups is 1. The van der Waals surface area contributed by atoms with Gasteiger partial charge in [0, 0.05) is 42.0 Å². The summed E-state index contributed by atoms with van der Waals surface area (Å²) in [6, 6.07) is 2.37. The van der Waals surface area contributed by atoms with Crippen LogP contribution in [-0.4, -0.2) is 32.9 Å². The largest absolute Gasteiger partial charge is 0.411 e. The molecule has 1 aliphatic heterocycles. The van der Waals surface area contributed by atoms with Crippen LogP contribution >= 0.6 is 0 Å². The van der Waals surface area contributed by atoms with Crippen LogP contribution in [0.3, 0.4) is 0 Å². The Balaban J connectivity index is 0.000000834. The van der Waals surface area contributed by atoms with Gasteiger partial charge in [-0.1, -0.05) is 31.3 Å². The number of hydrogen-bond donors (Lipinski definition) is 3. The lowest BCUT2D eigenvalue weighted by Gasteiger charge is -2.25. The van der Waals surface area contributed by atoms with Crippen LogP contribution < -0.4 is 16.2 Å². The number of nitrogens with one attached hydrogen (secondary N) is 2. The van der Waals surface area contributed by atoms with Gasteiger partial charge in [-0.25, -0.2) is 9.37 Å². The highest BCUT2D eigenvalue weighted by atomic mass is 19.1. The minimum Gasteiger partial charge on any atom is -0.411 e. The van der Waals surface area contributed by atoms with E-state index in [9.17, 15) is 14.0 Å². The number of nitrogens with zero attached hydrogens (tertiary/aromatic N) is 3. The number of aryl methyl sites for hydroxylation is 1. The van der Waals surface area contributed by atoms with Gasteiger partial charge >= 0.3 is 0 Å². The van der Waals surface area contributed by atoms with Crippen LogP contribution in [0.4, 0.5) is 10.2 Å². The molecule has 1 unspecified atom stereocenters. The third kappa shape index (κ3) is 4.65. The summed E-state index contributed by atoms with van der Waals surface area (Å²) in [6.07, 6.45) is 8.47. The Morgan fingerprint density at radius 1 is 1.42 bits per heavy atom. The molecule has 0 spiro atoms. The molecule has 3 N–H and O–H groups in total. The SMILES string of the molecule is C1CC1.CC/C(=N\O)C1NC=C(c2cc3cnc(NC=O)cc3n(C)c2=O)C(C)=C1F. The van der Waals surface area contributed by atoms with E-state index in [1.54, 1.807) is 39.2 Å². The van der Waals surface area contributed by atoms with Crippen molar-refractivity contribution in [3.63, 3.8) is 0 Å². The third-order valence-electron chi connectivity index (χ3n) is 5.19. The zero-order valence-corrected chi connectivity index (χ0v) is 17.8. The highest BCUT2D eigenvalue weighted by Gasteiger charge is 2.28. The number of pyridine rings is 2. The first-order valence-corrected chi connectivity index (χ1v) is 10.2. The minimum absolute atomic E-state index is 0.262. The van der Waals surface area contributed by atoms with Crippen molar-refractivity contribution < 1.29 is 14.4 Å². The number of rotatable bonds is 5. The topological polar surface area (TPSA) is 109 Å². The summed E-state index contributed by atoms with van der Waals surface area (Å²) >= 11 is 0. The zero-order valence-electron chi connectivity index (χ0n) is 17.8. The van der Waals surface area contributed by atoms with Crippen LogP contribution in [-0.2, 0) is 11.8 Å². The number of dihydropyridines is 1. The van der Waals surface area contributed by atoms with Gasteiger partial charge in [0.25, 0.3) is 5.56 Å². The van der Waals surface area contributed by atoms with Gasteiger partial charge in [-0.05, 0) is 25.0 Å². The summed E-state index contributed by atoms with van der Waals surface area (Å²) in [5, 5.41) is 18.2. The van der Waals surface area contributed by atoms with E-state index >= 15 is 0 Å². The standard InChI is InChI=1S/C19H20FN5O3.C3H6/c1-4-14(24-28)18-17(20)10(2)13(8-22-18)12-5-11-7-21-16(23-9-26)6-15(11)25(3)19(12)27;1-2-3-1/h5-9,18,22,28H,4H2,1-3H3,(H,21,23,26);1-3H2/b24-14+;. The molecular formula is C22H26FN5O3. The highest BCUT2D eigenvalue weighted by Crippen LogP contribution is 2.30. The summed E-state index contributed by atoms with van der Waals surface area (Å²) in [5.74, 6) is -0.179. The van der Waals surface area contributed by atoms with Gasteiger partial charge < -0.3 is 20.4 Å². The maximum Gasteiger partial charge on any atom is 0.258 e. The summed E-state index contributed by atoms with van der Waals surface area (Å²) in [5.41, 5.74) is 1.55.